The van der Waals surface area contributed by atoms with Gasteiger partial charge in [0.05, 0.1) is 5.75 Å². The summed E-state index contributed by atoms with van der Waals surface area (Å²) >= 11 is 5.40. The van der Waals surface area contributed by atoms with Gasteiger partial charge in [-0.05, 0) is 0 Å². The van der Waals surface area contributed by atoms with Crippen LogP contribution in [-0.2, 0) is 20.3 Å². The van der Waals surface area contributed by atoms with Crippen molar-refractivity contribution >= 4 is 31.9 Å². The third kappa shape index (κ3) is 5.81. The highest BCUT2D eigenvalue weighted by Gasteiger charge is 2.23. The molecule has 1 N–H and O–H groups in total. The molecule has 0 amide bonds. The first-order chi connectivity index (χ1) is 8.19. The summed E-state index contributed by atoms with van der Waals surface area (Å²) in [7, 11) is -7.76. The Morgan fingerprint density at radius 3 is 1.78 bits per heavy atom. The van der Waals surface area contributed by atoms with Crippen molar-refractivity contribution in [3.63, 3.8) is 0 Å². The highest BCUT2D eigenvalue weighted by Crippen LogP contribution is 2.04. The van der Waals surface area contributed by atoms with Crippen LogP contribution in [0.1, 0.15) is 13.8 Å². The van der Waals surface area contributed by atoms with Gasteiger partial charge in [-0.2, -0.15) is 12.7 Å². The van der Waals surface area contributed by atoms with Crippen molar-refractivity contribution in [3.8, 4) is 0 Å². The monoisotopic (exact) mass is 322 g/mol. The zero-order chi connectivity index (χ0) is 14.4. The highest BCUT2D eigenvalue weighted by atomic mass is 35.5. The van der Waals surface area contributed by atoms with E-state index >= 15 is 0 Å². The van der Waals surface area contributed by atoms with Crippen molar-refractivity contribution in [1.82, 2.24) is 8.61 Å². The van der Waals surface area contributed by atoms with E-state index in [-0.39, 0.29) is 37.8 Å². The van der Waals surface area contributed by atoms with Gasteiger partial charge in [-0.1, -0.05) is 13.8 Å². The molecule has 0 aromatic carbocycles. The van der Waals surface area contributed by atoms with Crippen LogP contribution in [0.25, 0.3) is 0 Å². The molecule has 0 aliphatic heterocycles. The van der Waals surface area contributed by atoms with Crippen molar-refractivity contribution in [1.29, 1.82) is 0 Å². The van der Waals surface area contributed by atoms with Crippen molar-refractivity contribution in [2.75, 3.05) is 37.8 Å². The summed E-state index contributed by atoms with van der Waals surface area (Å²) in [4.78, 5) is 0. The standard InChI is InChI=1S/C8H19ClN2O5S2/c1-3-10(17(12,13)8-5-9)6-7-11(4-2)18(14,15)16/h3-8H2,1-2H3,(H,14,15,16). The summed E-state index contributed by atoms with van der Waals surface area (Å²) in [6.07, 6.45) is 0. The van der Waals surface area contributed by atoms with Crippen LogP contribution in [0, 0.1) is 0 Å². The zero-order valence-corrected chi connectivity index (χ0v) is 12.8. The first-order valence-corrected chi connectivity index (χ1v) is 8.99. The summed E-state index contributed by atoms with van der Waals surface area (Å²) in [5.41, 5.74) is 0. The highest BCUT2D eigenvalue weighted by molar-refractivity contribution is 7.89. The van der Waals surface area contributed by atoms with Crippen LogP contribution in [0.5, 0.6) is 0 Å². The van der Waals surface area contributed by atoms with E-state index in [0.717, 1.165) is 8.61 Å². The summed E-state index contributed by atoms with van der Waals surface area (Å²) in [6, 6.07) is 0. The maximum atomic E-state index is 11.7. The Balaban J connectivity index is 4.67. The van der Waals surface area contributed by atoms with E-state index in [2.05, 4.69) is 0 Å². The average Bonchev–Trinajstić information content (AvgIpc) is 2.22. The Labute approximate surface area is 114 Å². The van der Waals surface area contributed by atoms with Gasteiger partial charge in [0.2, 0.25) is 10.0 Å². The van der Waals surface area contributed by atoms with Crippen LogP contribution in [0.15, 0.2) is 0 Å². The molecule has 0 saturated heterocycles. The summed E-state index contributed by atoms with van der Waals surface area (Å²) in [6.45, 7) is 3.40. The minimum Gasteiger partial charge on any atom is -0.273 e. The Morgan fingerprint density at radius 1 is 1.00 bits per heavy atom. The van der Waals surface area contributed by atoms with Crippen LogP contribution >= 0.6 is 11.6 Å². The average molecular weight is 323 g/mol. The van der Waals surface area contributed by atoms with Crippen LogP contribution < -0.4 is 0 Å². The second-order valence-corrected chi connectivity index (χ2v) is 7.34. The summed E-state index contributed by atoms with van der Waals surface area (Å²) in [5.74, 6) is -0.213. The maximum absolute atomic E-state index is 11.7. The van der Waals surface area contributed by atoms with Crippen molar-refractivity contribution < 1.29 is 21.4 Å². The molecule has 0 heterocycles. The maximum Gasteiger partial charge on any atom is 0.335 e. The predicted octanol–water partition coefficient (Wildman–Crippen LogP) is 0.00160. The van der Waals surface area contributed by atoms with Crippen molar-refractivity contribution in [3.05, 3.63) is 0 Å². The fourth-order valence-electron chi connectivity index (χ4n) is 1.38. The predicted molar refractivity (Wildman–Crippen MR) is 70.5 cm³/mol. The number of hydrogen-bond donors (Lipinski definition) is 1. The van der Waals surface area contributed by atoms with Gasteiger partial charge in [0.1, 0.15) is 0 Å². The lowest BCUT2D eigenvalue weighted by molar-refractivity contribution is 0.328. The van der Waals surface area contributed by atoms with E-state index < -0.39 is 20.3 Å². The molecule has 0 radical (unpaired) electrons. The Kier molecular flexibility index (Phi) is 7.64. The fourth-order valence-corrected chi connectivity index (χ4v) is 3.81. The molecule has 110 valence electrons. The molecule has 18 heavy (non-hydrogen) atoms. The number of likely N-dealkylation sites (N-methyl/N-ethyl adjacent to an activating group) is 2. The van der Waals surface area contributed by atoms with E-state index in [1.807, 2.05) is 0 Å². The normalized spacial score (nSPS) is 13.4. The molecule has 0 saturated carbocycles. The molecule has 0 aliphatic rings. The summed E-state index contributed by atoms with van der Waals surface area (Å²) in [5, 5.41) is 0. The molecule has 0 fully saturated rings. The van der Waals surface area contributed by atoms with Crippen LogP contribution in [0.2, 0.25) is 0 Å². The van der Waals surface area contributed by atoms with Gasteiger partial charge in [0.25, 0.3) is 0 Å². The van der Waals surface area contributed by atoms with Gasteiger partial charge in [-0.15, -0.1) is 11.6 Å². The molecule has 0 rings (SSSR count). The van der Waals surface area contributed by atoms with Gasteiger partial charge in [-0.3, -0.25) is 4.55 Å². The number of nitrogens with zero attached hydrogens (tertiary/aromatic N) is 2. The molecular weight excluding hydrogens is 304 g/mol. The smallest absolute Gasteiger partial charge is 0.273 e. The third-order valence-corrected chi connectivity index (χ3v) is 5.81. The number of halogens is 1. The van der Waals surface area contributed by atoms with E-state index in [1.165, 1.54) is 0 Å². The number of hydrogen-bond acceptors (Lipinski definition) is 4. The topological polar surface area (TPSA) is 95.0 Å². The minimum absolute atomic E-state index is 0.0106. The Bertz CT molecular complexity index is 436. The van der Waals surface area contributed by atoms with E-state index in [1.54, 1.807) is 13.8 Å². The Morgan fingerprint density at radius 2 is 1.44 bits per heavy atom. The van der Waals surface area contributed by atoms with Gasteiger partial charge < -0.3 is 0 Å². The second kappa shape index (κ2) is 7.61. The molecule has 0 spiro atoms. The molecular formula is C8H19ClN2O5S2. The minimum atomic E-state index is -4.29. The molecule has 0 unspecified atom stereocenters. The third-order valence-electron chi connectivity index (χ3n) is 2.36. The van der Waals surface area contributed by atoms with Crippen LogP contribution in [0.3, 0.4) is 0 Å². The number of alkyl halides is 1. The van der Waals surface area contributed by atoms with Crippen molar-refractivity contribution in [2.24, 2.45) is 0 Å². The van der Waals surface area contributed by atoms with Gasteiger partial charge in [0, 0.05) is 32.1 Å². The van der Waals surface area contributed by atoms with Gasteiger partial charge in [0.15, 0.2) is 0 Å². The number of rotatable bonds is 9. The molecule has 0 aliphatic carbocycles. The van der Waals surface area contributed by atoms with E-state index in [9.17, 15) is 16.8 Å². The lowest BCUT2D eigenvalue weighted by Gasteiger charge is -2.23. The van der Waals surface area contributed by atoms with E-state index in [4.69, 9.17) is 16.2 Å². The molecule has 0 aromatic rings. The fraction of sp³-hybridized carbons (Fsp3) is 1.00. The van der Waals surface area contributed by atoms with Crippen molar-refractivity contribution in [2.45, 2.75) is 13.8 Å². The molecule has 0 aromatic heterocycles. The SMILES string of the molecule is CCN(CCN(CC)S(=O)(=O)CCCl)S(=O)(=O)O. The molecule has 7 nitrogen and oxygen atoms in total. The van der Waals surface area contributed by atoms with Gasteiger partial charge in [-0.25, -0.2) is 12.7 Å². The summed E-state index contributed by atoms with van der Waals surface area (Å²) < 4.78 is 56.1. The zero-order valence-electron chi connectivity index (χ0n) is 10.4. The Hall–Kier alpha value is 0.0700. The van der Waals surface area contributed by atoms with Crippen LogP contribution in [-0.4, -0.2) is 67.8 Å². The lowest BCUT2D eigenvalue weighted by atomic mass is 10.5. The quantitative estimate of drug-likeness (QED) is 0.476. The molecule has 0 atom stereocenters. The first-order valence-electron chi connectivity index (χ1n) is 5.45. The number of sulfonamides is 1. The van der Waals surface area contributed by atoms with E-state index in [0.29, 0.717) is 0 Å². The second-order valence-electron chi connectivity index (χ2n) is 3.47. The molecule has 10 heteroatoms. The largest absolute Gasteiger partial charge is 0.335 e. The van der Waals surface area contributed by atoms with Crippen LogP contribution in [0.4, 0.5) is 0 Å². The molecule has 0 bridgehead atoms. The van der Waals surface area contributed by atoms with Gasteiger partial charge >= 0.3 is 10.3 Å². The first kappa shape index (κ1) is 18.1. The lowest BCUT2D eigenvalue weighted by Crippen LogP contribution is -2.41.